The Balaban J connectivity index is 1.79. The summed E-state index contributed by atoms with van der Waals surface area (Å²) in [7, 11) is 0. The maximum atomic E-state index is 12.1. The number of piperidine rings is 2. The highest BCUT2D eigenvalue weighted by molar-refractivity contribution is 5.77. The quantitative estimate of drug-likeness (QED) is 0.749. The van der Waals surface area contributed by atoms with Crippen molar-refractivity contribution in [3.63, 3.8) is 0 Å². The lowest BCUT2D eigenvalue weighted by Crippen LogP contribution is -2.47. The number of carbonyl (C=O) groups excluding carboxylic acids is 1. The molecule has 0 aromatic heterocycles. The van der Waals surface area contributed by atoms with Gasteiger partial charge in [0, 0.05) is 25.6 Å². The van der Waals surface area contributed by atoms with Crippen molar-refractivity contribution in [1.29, 1.82) is 0 Å². The zero-order valence-corrected chi connectivity index (χ0v) is 10.7. The van der Waals surface area contributed by atoms with Gasteiger partial charge < -0.3 is 15.3 Å². The van der Waals surface area contributed by atoms with E-state index in [4.69, 9.17) is 0 Å². The number of aliphatic hydroxyl groups excluding tert-OH is 1. The van der Waals surface area contributed by atoms with E-state index in [0.717, 1.165) is 25.9 Å². The first kappa shape index (κ1) is 12.8. The van der Waals surface area contributed by atoms with E-state index in [-0.39, 0.29) is 17.9 Å². The van der Waals surface area contributed by atoms with Crippen LogP contribution in [0.4, 0.5) is 0 Å². The number of likely N-dealkylation sites (tertiary alicyclic amines) is 1. The summed E-state index contributed by atoms with van der Waals surface area (Å²) in [6, 6.07) is 0.374. The number of carbonyl (C=O) groups is 1. The van der Waals surface area contributed by atoms with Crippen LogP contribution in [-0.2, 0) is 4.79 Å². The summed E-state index contributed by atoms with van der Waals surface area (Å²) in [4.78, 5) is 14.0. The molecule has 0 aliphatic carbocycles. The topological polar surface area (TPSA) is 52.6 Å². The van der Waals surface area contributed by atoms with Gasteiger partial charge in [-0.2, -0.15) is 0 Å². The van der Waals surface area contributed by atoms with Crippen molar-refractivity contribution < 1.29 is 9.90 Å². The molecule has 2 aliphatic rings. The van der Waals surface area contributed by atoms with Crippen LogP contribution in [0.1, 0.15) is 39.0 Å². The fourth-order valence-corrected chi connectivity index (χ4v) is 2.80. The molecule has 17 heavy (non-hydrogen) atoms. The Bertz CT molecular complexity index is 264. The zero-order valence-electron chi connectivity index (χ0n) is 10.7. The molecule has 3 atom stereocenters. The van der Waals surface area contributed by atoms with E-state index >= 15 is 0 Å². The number of amides is 1. The highest BCUT2D eigenvalue weighted by Gasteiger charge is 2.28. The van der Waals surface area contributed by atoms with Crippen LogP contribution in [0.5, 0.6) is 0 Å². The van der Waals surface area contributed by atoms with Gasteiger partial charge in [-0.15, -0.1) is 0 Å². The molecule has 4 heteroatoms. The molecule has 2 saturated heterocycles. The number of rotatable bonds is 2. The van der Waals surface area contributed by atoms with Gasteiger partial charge in [0.25, 0.3) is 0 Å². The minimum absolute atomic E-state index is 0.215. The molecule has 0 aromatic rings. The Morgan fingerprint density at radius 2 is 2.24 bits per heavy atom. The van der Waals surface area contributed by atoms with Crippen LogP contribution < -0.4 is 5.32 Å². The minimum Gasteiger partial charge on any atom is -0.393 e. The Labute approximate surface area is 103 Å². The van der Waals surface area contributed by atoms with Crippen molar-refractivity contribution in [3.8, 4) is 0 Å². The molecule has 2 heterocycles. The van der Waals surface area contributed by atoms with Gasteiger partial charge in [0.1, 0.15) is 0 Å². The number of nitrogens with zero attached hydrogens (tertiary/aromatic N) is 1. The summed E-state index contributed by atoms with van der Waals surface area (Å²) in [5.74, 6) is 0.468. The third-order valence-corrected chi connectivity index (χ3v) is 4.05. The zero-order chi connectivity index (χ0) is 12.3. The highest BCUT2D eigenvalue weighted by Crippen LogP contribution is 2.18. The molecule has 0 bridgehead atoms. The summed E-state index contributed by atoms with van der Waals surface area (Å²) in [5, 5.41) is 13.1. The van der Waals surface area contributed by atoms with E-state index in [2.05, 4.69) is 5.32 Å². The van der Waals surface area contributed by atoms with E-state index in [1.165, 1.54) is 12.8 Å². The van der Waals surface area contributed by atoms with Crippen molar-refractivity contribution in [2.45, 2.75) is 51.2 Å². The van der Waals surface area contributed by atoms with Gasteiger partial charge >= 0.3 is 0 Å². The molecule has 0 spiro atoms. The minimum atomic E-state index is -0.230. The van der Waals surface area contributed by atoms with E-state index in [9.17, 15) is 9.90 Å². The molecule has 2 fully saturated rings. The van der Waals surface area contributed by atoms with Crippen molar-refractivity contribution in [2.75, 3.05) is 19.6 Å². The first-order chi connectivity index (χ1) is 8.16. The summed E-state index contributed by atoms with van der Waals surface area (Å²) in [6.07, 6.45) is 4.72. The maximum Gasteiger partial charge on any atom is 0.224 e. The fourth-order valence-electron chi connectivity index (χ4n) is 2.80. The summed E-state index contributed by atoms with van der Waals surface area (Å²) in [5.41, 5.74) is 0. The molecule has 4 nitrogen and oxygen atoms in total. The lowest BCUT2D eigenvalue weighted by molar-refractivity contribution is -0.135. The number of hydrogen-bond donors (Lipinski definition) is 2. The maximum absolute atomic E-state index is 12.1. The number of nitrogens with one attached hydrogen (secondary N) is 1. The third-order valence-electron chi connectivity index (χ3n) is 4.05. The van der Waals surface area contributed by atoms with Crippen LogP contribution >= 0.6 is 0 Å². The van der Waals surface area contributed by atoms with Crippen molar-refractivity contribution >= 4 is 5.91 Å². The van der Waals surface area contributed by atoms with Crippen LogP contribution in [0.2, 0.25) is 0 Å². The first-order valence-electron chi connectivity index (χ1n) is 6.86. The molecule has 3 unspecified atom stereocenters. The van der Waals surface area contributed by atoms with E-state index in [1.54, 1.807) is 0 Å². The van der Waals surface area contributed by atoms with Gasteiger partial charge in [-0.1, -0.05) is 13.3 Å². The monoisotopic (exact) mass is 240 g/mol. The molecule has 0 aromatic carbocycles. The molecule has 98 valence electrons. The average molecular weight is 240 g/mol. The van der Waals surface area contributed by atoms with Gasteiger partial charge in [-0.05, 0) is 31.7 Å². The Morgan fingerprint density at radius 1 is 1.41 bits per heavy atom. The summed E-state index contributed by atoms with van der Waals surface area (Å²) in [6.45, 7) is 4.50. The highest BCUT2D eigenvalue weighted by atomic mass is 16.3. The molecular weight excluding hydrogens is 216 g/mol. The average Bonchev–Trinajstić information content (AvgIpc) is 2.34. The van der Waals surface area contributed by atoms with Gasteiger partial charge in [-0.3, -0.25) is 4.79 Å². The normalized spacial score (nSPS) is 34.7. The van der Waals surface area contributed by atoms with Crippen LogP contribution in [0.15, 0.2) is 0 Å². The Kier molecular flexibility index (Phi) is 4.40. The second kappa shape index (κ2) is 5.83. The largest absolute Gasteiger partial charge is 0.393 e. The molecule has 1 amide bonds. The molecule has 2 aliphatic heterocycles. The van der Waals surface area contributed by atoms with Crippen molar-refractivity contribution in [2.24, 2.45) is 5.92 Å². The van der Waals surface area contributed by atoms with Crippen LogP contribution in [-0.4, -0.2) is 47.7 Å². The van der Waals surface area contributed by atoms with E-state index in [0.29, 0.717) is 19.0 Å². The van der Waals surface area contributed by atoms with Crippen LogP contribution in [0.25, 0.3) is 0 Å². The third kappa shape index (κ3) is 3.42. The second-order valence-electron chi connectivity index (χ2n) is 5.52. The molecule has 0 saturated carbocycles. The van der Waals surface area contributed by atoms with Crippen molar-refractivity contribution in [3.05, 3.63) is 0 Å². The van der Waals surface area contributed by atoms with Crippen LogP contribution in [0.3, 0.4) is 0 Å². The molecule has 2 N–H and O–H groups in total. The predicted octanol–water partition coefficient (Wildman–Crippen LogP) is 0.748. The SMILES string of the molecule is CC1CN(C(=O)CC2CCCCN2)CCC1O. The van der Waals surface area contributed by atoms with Crippen molar-refractivity contribution in [1.82, 2.24) is 10.2 Å². The Hall–Kier alpha value is -0.610. The van der Waals surface area contributed by atoms with E-state index < -0.39 is 0 Å². The fraction of sp³-hybridized carbons (Fsp3) is 0.923. The van der Waals surface area contributed by atoms with Crippen LogP contribution in [0, 0.1) is 5.92 Å². The standard InChI is InChI=1S/C13H24N2O2/c1-10-9-15(7-5-12(10)16)13(17)8-11-4-2-3-6-14-11/h10-12,14,16H,2-9H2,1H3. The smallest absolute Gasteiger partial charge is 0.224 e. The van der Waals surface area contributed by atoms with Gasteiger partial charge in [0.05, 0.1) is 6.10 Å². The summed E-state index contributed by atoms with van der Waals surface area (Å²) >= 11 is 0. The molecule has 2 rings (SSSR count). The predicted molar refractivity (Wildman–Crippen MR) is 66.6 cm³/mol. The first-order valence-corrected chi connectivity index (χ1v) is 6.86. The number of hydrogen-bond acceptors (Lipinski definition) is 3. The molecular formula is C13H24N2O2. The van der Waals surface area contributed by atoms with Gasteiger partial charge in [0.15, 0.2) is 0 Å². The molecule has 0 radical (unpaired) electrons. The lowest BCUT2D eigenvalue weighted by atomic mass is 9.95. The van der Waals surface area contributed by atoms with Gasteiger partial charge in [-0.25, -0.2) is 0 Å². The summed E-state index contributed by atoms with van der Waals surface area (Å²) < 4.78 is 0. The van der Waals surface area contributed by atoms with E-state index in [1.807, 2.05) is 11.8 Å². The number of aliphatic hydroxyl groups is 1. The lowest BCUT2D eigenvalue weighted by Gasteiger charge is -2.35. The second-order valence-corrected chi connectivity index (χ2v) is 5.52. The Morgan fingerprint density at radius 3 is 2.88 bits per heavy atom. The van der Waals surface area contributed by atoms with Gasteiger partial charge in [0.2, 0.25) is 5.91 Å².